The van der Waals surface area contributed by atoms with E-state index in [2.05, 4.69) is 36.5 Å². The van der Waals surface area contributed by atoms with Crippen molar-refractivity contribution in [2.45, 2.75) is 46.1 Å². The zero-order valence-electron chi connectivity index (χ0n) is 15.1. The zero-order chi connectivity index (χ0) is 18.2. The summed E-state index contributed by atoms with van der Waals surface area (Å²) in [6.07, 6.45) is 1.99. The van der Waals surface area contributed by atoms with Crippen LogP contribution in [0.4, 0.5) is 0 Å². The van der Waals surface area contributed by atoms with Crippen LogP contribution in [0, 0.1) is 13.8 Å². The van der Waals surface area contributed by atoms with E-state index in [0.29, 0.717) is 23.7 Å². The number of ether oxygens (including phenoxy) is 1. The van der Waals surface area contributed by atoms with E-state index >= 15 is 0 Å². The predicted molar refractivity (Wildman–Crippen MR) is 103 cm³/mol. The topological polar surface area (TPSA) is 38.3 Å². The minimum atomic E-state index is -0.486. The second-order valence-electron chi connectivity index (χ2n) is 6.31. The first-order valence-electron chi connectivity index (χ1n) is 8.75. The third kappa shape index (κ3) is 6.09. The second kappa shape index (κ2) is 9.47. The summed E-state index contributed by atoms with van der Waals surface area (Å²) in [7, 11) is 0. The summed E-state index contributed by atoms with van der Waals surface area (Å²) in [5.41, 5.74) is 3.49. The Kier molecular flexibility index (Phi) is 7.32. The van der Waals surface area contributed by atoms with Crippen LogP contribution in [0.3, 0.4) is 0 Å². The third-order valence-corrected chi connectivity index (χ3v) is 4.56. The van der Waals surface area contributed by atoms with Gasteiger partial charge in [0.2, 0.25) is 0 Å². The predicted octanol–water partition coefficient (Wildman–Crippen LogP) is 4.86. The number of aryl methyl sites for hydroxylation is 3. The van der Waals surface area contributed by atoms with Crippen molar-refractivity contribution in [3.05, 3.63) is 64.2 Å². The molecule has 1 N–H and O–H groups in total. The molecule has 1 amide bonds. The number of hydrogen-bond acceptors (Lipinski definition) is 2. The zero-order valence-corrected chi connectivity index (χ0v) is 15.9. The fraction of sp³-hybridized carbons (Fsp3) is 0.381. The molecule has 0 aromatic heterocycles. The summed E-state index contributed by atoms with van der Waals surface area (Å²) in [5, 5.41) is 3.67. The van der Waals surface area contributed by atoms with Crippen LogP contribution < -0.4 is 10.1 Å². The highest BCUT2D eigenvalue weighted by Crippen LogP contribution is 2.22. The maximum Gasteiger partial charge on any atom is 0.261 e. The largest absolute Gasteiger partial charge is 0.481 e. The summed E-state index contributed by atoms with van der Waals surface area (Å²) in [6, 6.07) is 13.9. The fourth-order valence-electron chi connectivity index (χ4n) is 2.55. The van der Waals surface area contributed by atoms with E-state index in [1.54, 1.807) is 12.1 Å². The highest BCUT2D eigenvalue weighted by molar-refractivity contribution is 6.31. The lowest BCUT2D eigenvalue weighted by Crippen LogP contribution is -2.38. The molecule has 0 aliphatic carbocycles. The highest BCUT2D eigenvalue weighted by atomic mass is 35.5. The molecule has 1 unspecified atom stereocenters. The highest BCUT2D eigenvalue weighted by Gasteiger charge is 2.18. The van der Waals surface area contributed by atoms with E-state index < -0.39 is 6.10 Å². The molecular formula is C21H26ClNO2. The van der Waals surface area contributed by atoms with Crippen LogP contribution in [0.1, 0.15) is 36.5 Å². The number of hydrogen-bond donors (Lipinski definition) is 1. The Labute approximate surface area is 155 Å². The molecule has 25 heavy (non-hydrogen) atoms. The van der Waals surface area contributed by atoms with Crippen LogP contribution >= 0.6 is 11.6 Å². The summed E-state index contributed by atoms with van der Waals surface area (Å²) in [4.78, 5) is 12.3. The number of nitrogens with one attached hydrogen (secondary N) is 1. The lowest BCUT2D eigenvalue weighted by atomic mass is 10.1. The summed E-state index contributed by atoms with van der Waals surface area (Å²) >= 11 is 6.02. The summed E-state index contributed by atoms with van der Waals surface area (Å²) < 4.78 is 5.82. The number of amides is 1. The van der Waals surface area contributed by atoms with E-state index in [4.69, 9.17) is 16.3 Å². The average Bonchev–Trinajstić information content (AvgIpc) is 2.61. The van der Waals surface area contributed by atoms with Gasteiger partial charge in [0, 0.05) is 11.6 Å². The molecule has 0 fully saturated rings. The van der Waals surface area contributed by atoms with Crippen LogP contribution in [0.5, 0.6) is 5.75 Å². The molecule has 2 rings (SSSR count). The Morgan fingerprint density at radius 3 is 2.52 bits per heavy atom. The van der Waals surface area contributed by atoms with Crippen LogP contribution in [0.2, 0.25) is 5.02 Å². The van der Waals surface area contributed by atoms with Crippen molar-refractivity contribution in [2.24, 2.45) is 0 Å². The number of halogens is 1. The lowest BCUT2D eigenvalue weighted by Gasteiger charge is -2.18. The first-order valence-corrected chi connectivity index (χ1v) is 9.13. The molecule has 3 nitrogen and oxygen atoms in total. The van der Waals surface area contributed by atoms with Gasteiger partial charge in [0.15, 0.2) is 6.10 Å². The first-order chi connectivity index (χ1) is 12.0. The maximum atomic E-state index is 12.3. The van der Waals surface area contributed by atoms with Crippen LogP contribution in [-0.4, -0.2) is 18.6 Å². The van der Waals surface area contributed by atoms with E-state index in [1.165, 1.54) is 11.1 Å². The molecule has 4 heteroatoms. The van der Waals surface area contributed by atoms with Gasteiger partial charge in [-0.3, -0.25) is 4.79 Å². The van der Waals surface area contributed by atoms with Gasteiger partial charge in [-0.1, -0.05) is 48.4 Å². The molecule has 2 aromatic rings. The molecule has 1 atom stereocenters. The molecule has 134 valence electrons. The normalized spacial score (nSPS) is 11.8. The molecule has 0 saturated carbocycles. The number of benzene rings is 2. The average molecular weight is 360 g/mol. The van der Waals surface area contributed by atoms with Crippen LogP contribution in [0.15, 0.2) is 42.5 Å². The molecular weight excluding hydrogens is 334 g/mol. The third-order valence-electron chi connectivity index (χ3n) is 4.13. The molecule has 0 saturated heterocycles. The first kappa shape index (κ1) is 19.3. The molecule has 0 aliphatic heterocycles. The van der Waals surface area contributed by atoms with E-state index in [1.807, 2.05) is 19.9 Å². The van der Waals surface area contributed by atoms with Crippen molar-refractivity contribution in [3.8, 4) is 5.75 Å². The van der Waals surface area contributed by atoms with Crippen molar-refractivity contribution in [1.82, 2.24) is 5.32 Å². The van der Waals surface area contributed by atoms with Gasteiger partial charge in [-0.15, -0.1) is 0 Å². The van der Waals surface area contributed by atoms with Gasteiger partial charge in [0.25, 0.3) is 5.91 Å². The number of carbonyl (C=O) groups is 1. The lowest BCUT2D eigenvalue weighted by molar-refractivity contribution is -0.128. The Balaban J connectivity index is 1.79. The van der Waals surface area contributed by atoms with Gasteiger partial charge >= 0.3 is 0 Å². The molecule has 0 bridgehead atoms. The van der Waals surface area contributed by atoms with Crippen molar-refractivity contribution in [2.75, 3.05) is 6.54 Å². The quantitative estimate of drug-likeness (QED) is 0.683. The van der Waals surface area contributed by atoms with Gasteiger partial charge < -0.3 is 10.1 Å². The number of carbonyl (C=O) groups excluding carboxylic acids is 1. The molecule has 0 spiro atoms. The monoisotopic (exact) mass is 359 g/mol. The summed E-state index contributed by atoms with van der Waals surface area (Å²) in [6.45, 7) is 6.59. The minimum Gasteiger partial charge on any atom is -0.481 e. The Hall–Kier alpha value is -2.00. The molecule has 2 aromatic carbocycles. The molecule has 0 radical (unpaired) electrons. The van der Waals surface area contributed by atoms with Crippen molar-refractivity contribution < 1.29 is 9.53 Å². The second-order valence-corrected chi connectivity index (χ2v) is 6.71. The maximum absolute atomic E-state index is 12.3. The molecule has 0 aliphatic rings. The van der Waals surface area contributed by atoms with Gasteiger partial charge in [0.1, 0.15) is 5.75 Å². The van der Waals surface area contributed by atoms with Gasteiger partial charge in [-0.25, -0.2) is 0 Å². The van der Waals surface area contributed by atoms with Crippen molar-refractivity contribution in [3.63, 3.8) is 0 Å². The van der Waals surface area contributed by atoms with Gasteiger partial charge in [-0.2, -0.15) is 0 Å². The van der Waals surface area contributed by atoms with Gasteiger partial charge in [-0.05, 0) is 62.4 Å². The van der Waals surface area contributed by atoms with E-state index in [0.717, 1.165) is 18.4 Å². The summed E-state index contributed by atoms with van der Waals surface area (Å²) in [5.74, 6) is 0.600. The SMILES string of the molecule is CCC(Oc1ccc(Cl)c(C)c1)C(=O)NCCCc1ccc(C)cc1. The standard InChI is InChI=1S/C21H26ClNO2/c1-4-20(25-18-11-12-19(22)16(3)14-18)21(24)23-13-5-6-17-9-7-15(2)8-10-17/h7-12,14,20H,4-6,13H2,1-3H3,(H,23,24). The number of rotatable bonds is 8. The van der Waals surface area contributed by atoms with Crippen LogP contribution in [-0.2, 0) is 11.2 Å². The Morgan fingerprint density at radius 2 is 1.88 bits per heavy atom. The van der Waals surface area contributed by atoms with E-state index in [-0.39, 0.29) is 5.91 Å². The van der Waals surface area contributed by atoms with Gasteiger partial charge in [0.05, 0.1) is 0 Å². The fourth-order valence-corrected chi connectivity index (χ4v) is 2.67. The smallest absolute Gasteiger partial charge is 0.261 e. The Bertz CT molecular complexity index is 698. The minimum absolute atomic E-state index is 0.0704. The Morgan fingerprint density at radius 1 is 1.16 bits per heavy atom. The van der Waals surface area contributed by atoms with Crippen molar-refractivity contribution >= 4 is 17.5 Å². The van der Waals surface area contributed by atoms with E-state index in [9.17, 15) is 4.79 Å². The van der Waals surface area contributed by atoms with Crippen LogP contribution in [0.25, 0.3) is 0 Å². The van der Waals surface area contributed by atoms with Crippen molar-refractivity contribution in [1.29, 1.82) is 0 Å². The molecule has 0 heterocycles.